The third-order valence-corrected chi connectivity index (χ3v) is 5.85. The number of carbonyl (C=O) groups is 2. The average molecular weight is 457 g/mol. The van der Waals surface area contributed by atoms with Gasteiger partial charge in [-0.3, -0.25) is 14.5 Å². The van der Waals surface area contributed by atoms with Gasteiger partial charge in [0.2, 0.25) is 5.91 Å². The Hall–Kier alpha value is -3.90. The van der Waals surface area contributed by atoms with Crippen molar-refractivity contribution in [1.29, 1.82) is 0 Å². The molecule has 0 spiro atoms. The zero-order valence-corrected chi connectivity index (χ0v) is 18.5. The molecule has 4 aromatic rings. The van der Waals surface area contributed by atoms with Gasteiger partial charge < -0.3 is 5.32 Å². The van der Waals surface area contributed by atoms with Crippen molar-refractivity contribution in [2.45, 2.75) is 19.5 Å². The summed E-state index contributed by atoms with van der Waals surface area (Å²) in [6.45, 7) is 0.985. The molecule has 5 rings (SSSR count). The van der Waals surface area contributed by atoms with E-state index in [4.69, 9.17) is 16.7 Å². The SMILES string of the molecule is O=C(Nc1ccc(Cl)cc1)c1ccc(CN2C(=O)CCn3nc(-c4ccccc4)cc32)cc1. The number of hydrogen-bond donors (Lipinski definition) is 1. The van der Waals surface area contributed by atoms with E-state index in [1.165, 1.54) is 0 Å². The number of aromatic nitrogens is 2. The number of nitrogens with one attached hydrogen (secondary N) is 1. The van der Waals surface area contributed by atoms with Crippen LogP contribution in [0.5, 0.6) is 0 Å². The highest BCUT2D eigenvalue weighted by Gasteiger charge is 2.26. The molecule has 33 heavy (non-hydrogen) atoms. The van der Waals surface area contributed by atoms with Crippen LogP contribution in [0.3, 0.4) is 0 Å². The van der Waals surface area contributed by atoms with Gasteiger partial charge >= 0.3 is 0 Å². The molecule has 0 saturated carbocycles. The molecule has 3 aromatic carbocycles. The molecule has 6 nitrogen and oxygen atoms in total. The Labute approximate surface area is 196 Å². The Morgan fingerprint density at radius 3 is 2.42 bits per heavy atom. The molecule has 0 bridgehead atoms. The lowest BCUT2D eigenvalue weighted by molar-refractivity contribution is -0.119. The Bertz CT molecular complexity index is 1300. The van der Waals surface area contributed by atoms with Crippen molar-refractivity contribution in [1.82, 2.24) is 9.78 Å². The number of halogens is 1. The molecule has 1 aliphatic rings. The maximum Gasteiger partial charge on any atom is 0.255 e. The van der Waals surface area contributed by atoms with Crippen LogP contribution in [-0.4, -0.2) is 21.6 Å². The molecule has 0 aliphatic carbocycles. The smallest absolute Gasteiger partial charge is 0.255 e. The van der Waals surface area contributed by atoms with Gasteiger partial charge in [-0.05, 0) is 42.0 Å². The van der Waals surface area contributed by atoms with Crippen LogP contribution >= 0.6 is 11.6 Å². The molecule has 0 saturated heterocycles. The second kappa shape index (κ2) is 8.92. The highest BCUT2D eigenvalue weighted by Crippen LogP contribution is 2.29. The highest BCUT2D eigenvalue weighted by atomic mass is 35.5. The predicted octanol–water partition coefficient (Wildman–Crippen LogP) is 5.39. The molecule has 2 amide bonds. The third kappa shape index (κ3) is 4.52. The standard InChI is InChI=1S/C26H21ClN4O2/c27-21-10-12-22(13-11-21)28-26(33)20-8-6-18(7-9-20)17-30-24-16-23(19-4-2-1-3-5-19)29-31(24)15-14-25(30)32/h1-13,16H,14-15,17H2,(H,28,33). The summed E-state index contributed by atoms with van der Waals surface area (Å²) in [6.07, 6.45) is 0.407. The third-order valence-electron chi connectivity index (χ3n) is 5.60. The Morgan fingerprint density at radius 2 is 1.70 bits per heavy atom. The van der Waals surface area contributed by atoms with Crippen LogP contribution in [0.25, 0.3) is 11.3 Å². The molecule has 1 N–H and O–H groups in total. The highest BCUT2D eigenvalue weighted by molar-refractivity contribution is 6.30. The fraction of sp³-hybridized carbons (Fsp3) is 0.115. The van der Waals surface area contributed by atoms with Crippen molar-refractivity contribution in [2.24, 2.45) is 0 Å². The van der Waals surface area contributed by atoms with E-state index in [0.29, 0.717) is 35.8 Å². The first-order valence-electron chi connectivity index (χ1n) is 10.7. The molecular weight excluding hydrogens is 436 g/mol. The van der Waals surface area contributed by atoms with Gasteiger partial charge in [-0.2, -0.15) is 5.10 Å². The first kappa shape index (κ1) is 21.0. The van der Waals surface area contributed by atoms with E-state index in [2.05, 4.69) is 5.32 Å². The minimum Gasteiger partial charge on any atom is -0.322 e. The van der Waals surface area contributed by atoms with Gasteiger partial charge in [-0.25, -0.2) is 4.68 Å². The van der Waals surface area contributed by atoms with Crippen LogP contribution in [0.4, 0.5) is 11.5 Å². The van der Waals surface area contributed by atoms with Crippen LogP contribution in [0, 0.1) is 0 Å². The van der Waals surface area contributed by atoms with Crippen molar-refractivity contribution in [2.75, 3.05) is 10.2 Å². The second-order valence-electron chi connectivity index (χ2n) is 7.86. The first-order chi connectivity index (χ1) is 16.1. The van der Waals surface area contributed by atoms with E-state index < -0.39 is 0 Å². The number of anilines is 2. The van der Waals surface area contributed by atoms with Gasteiger partial charge in [-0.1, -0.05) is 54.1 Å². The molecule has 0 fully saturated rings. The van der Waals surface area contributed by atoms with E-state index in [0.717, 1.165) is 22.6 Å². The van der Waals surface area contributed by atoms with Crippen molar-refractivity contribution < 1.29 is 9.59 Å². The Kier molecular flexibility index (Phi) is 5.67. The lowest BCUT2D eigenvalue weighted by Crippen LogP contribution is -2.36. The first-order valence-corrected chi connectivity index (χ1v) is 11.0. The zero-order chi connectivity index (χ0) is 22.8. The lowest BCUT2D eigenvalue weighted by Gasteiger charge is -2.27. The van der Waals surface area contributed by atoms with Crippen LogP contribution in [-0.2, 0) is 17.9 Å². The topological polar surface area (TPSA) is 67.2 Å². The van der Waals surface area contributed by atoms with Gasteiger partial charge in [0.05, 0.1) is 18.8 Å². The van der Waals surface area contributed by atoms with Crippen LogP contribution in [0.2, 0.25) is 5.02 Å². The van der Waals surface area contributed by atoms with Crippen molar-refractivity contribution >= 4 is 34.9 Å². The molecule has 0 radical (unpaired) electrons. The number of nitrogens with zero attached hydrogens (tertiary/aromatic N) is 3. The normalized spacial score (nSPS) is 13.0. The lowest BCUT2D eigenvalue weighted by atomic mass is 10.1. The van der Waals surface area contributed by atoms with Gasteiger partial charge in [0.25, 0.3) is 5.91 Å². The summed E-state index contributed by atoms with van der Waals surface area (Å²) >= 11 is 5.89. The van der Waals surface area contributed by atoms with Gasteiger partial charge in [0.1, 0.15) is 5.82 Å². The van der Waals surface area contributed by atoms with E-state index in [1.807, 2.05) is 53.2 Å². The molecule has 1 aromatic heterocycles. The molecule has 0 unspecified atom stereocenters. The Morgan fingerprint density at radius 1 is 0.970 bits per heavy atom. The molecule has 1 aliphatic heterocycles. The predicted molar refractivity (Wildman–Crippen MR) is 129 cm³/mol. The van der Waals surface area contributed by atoms with Gasteiger partial charge in [-0.15, -0.1) is 0 Å². The molecule has 7 heteroatoms. The fourth-order valence-corrected chi connectivity index (χ4v) is 3.98. The molecule has 2 heterocycles. The minimum atomic E-state index is -0.205. The summed E-state index contributed by atoms with van der Waals surface area (Å²) in [5.41, 5.74) is 4.01. The number of amides is 2. The van der Waals surface area contributed by atoms with E-state index in [1.54, 1.807) is 41.3 Å². The number of benzene rings is 3. The number of fused-ring (bicyclic) bond motifs is 1. The average Bonchev–Trinajstić information content (AvgIpc) is 3.28. The maximum atomic E-state index is 12.7. The summed E-state index contributed by atoms with van der Waals surface area (Å²) in [5.74, 6) is 0.643. The molecule has 0 atom stereocenters. The van der Waals surface area contributed by atoms with Crippen molar-refractivity contribution in [3.8, 4) is 11.3 Å². The minimum absolute atomic E-state index is 0.0616. The summed E-state index contributed by atoms with van der Waals surface area (Å²) in [4.78, 5) is 27.0. The summed E-state index contributed by atoms with van der Waals surface area (Å²) in [5, 5.41) is 8.16. The fourth-order valence-electron chi connectivity index (χ4n) is 3.85. The Balaban J connectivity index is 1.32. The maximum absolute atomic E-state index is 12.7. The van der Waals surface area contributed by atoms with Gasteiger partial charge in [0, 0.05) is 34.3 Å². The van der Waals surface area contributed by atoms with Crippen LogP contribution in [0.1, 0.15) is 22.3 Å². The quantitative estimate of drug-likeness (QED) is 0.437. The van der Waals surface area contributed by atoms with Crippen molar-refractivity contribution in [3.05, 3.63) is 101 Å². The number of rotatable bonds is 5. The monoisotopic (exact) mass is 456 g/mol. The van der Waals surface area contributed by atoms with Crippen molar-refractivity contribution in [3.63, 3.8) is 0 Å². The van der Waals surface area contributed by atoms with Gasteiger partial charge in [0.15, 0.2) is 0 Å². The van der Waals surface area contributed by atoms with Crippen LogP contribution in [0.15, 0.2) is 84.9 Å². The van der Waals surface area contributed by atoms with E-state index in [9.17, 15) is 9.59 Å². The largest absolute Gasteiger partial charge is 0.322 e. The molecule has 164 valence electrons. The summed E-state index contributed by atoms with van der Waals surface area (Å²) in [7, 11) is 0. The molecular formula is C26H21ClN4O2. The number of carbonyl (C=O) groups excluding carboxylic acids is 2. The van der Waals surface area contributed by atoms with E-state index in [-0.39, 0.29) is 11.8 Å². The van der Waals surface area contributed by atoms with Crippen LogP contribution < -0.4 is 10.2 Å². The number of aryl methyl sites for hydroxylation is 1. The summed E-state index contributed by atoms with van der Waals surface area (Å²) < 4.78 is 1.89. The summed E-state index contributed by atoms with van der Waals surface area (Å²) in [6, 6.07) is 26.1. The second-order valence-corrected chi connectivity index (χ2v) is 8.30. The van der Waals surface area contributed by atoms with E-state index >= 15 is 0 Å². The number of hydrogen-bond acceptors (Lipinski definition) is 3. The zero-order valence-electron chi connectivity index (χ0n) is 17.7.